The van der Waals surface area contributed by atoms with E-state index in [2.05, 4.69) is 19.2 Å². The molecule has 0 amide bonds. The molecule has 13 heavy (non-hydrogen) atoms. The monoisotopic (exact) mass is 182 g/mol. The fourth-order valence-electron chi connectivity index (χ4n) is 2.27. The van der Waals surface area contributed by atoms with Crippen LogP contribution in [0.4, 0.5) is 0 Å². The van der Waals surface area contributed by atoms with E-state index in [1.165, 1.54) is 44.9 Å². The largest absolute Gasteiger partial charge is 0.239 e. The van der Waals surface area contributed by atoms with E-state index in [-0.39, 0.29) is 0 Å². The first-order valence-electron chi connectivity index (χ1n) is 5.99. The van der Waals surface area contributed by atoms with Gasteiger partial charge in [0.15, 0.2) is 0 Å². The summed E-state index contributed by atoms with van der Waals surface area (Å²) >= 11 is 0. The van der Waals surface area contributed by atoms with Crippen LogP contribution in [0.2, 0.25) is 0 Å². The molecule has 0 N–H and O–H groups in total. The number of hydrogen-bond donors (Lipinski definition) is 0. The molecule has 0 aromatic heterocycles. The van der Waals surface area contributed by atoms with Gasteiger partial charge in [-0.2, -0.15) is 0 Å². The van der Waals surface area contributed by atoms with Gasteiger partial charge in [-0.05, 0) is 25.7 Å². The van der Waals surface area contributed by atoms with E-state index in [1.54, 1.807) is 0 Å². The van der Waals surface area contributed by atoms with Gasteiger partial charge >= 0.3 is 0 Å². The smallest absolute Gasteiger partial charge is 0.0220 e. The van der Waals surface area contributed by atoms with Gasteiger partial charge < -0.3 is 0 Å². The molecule has 1 atom stereocenters. The molecular weight excluding hydrogens is 158 g/mol. The summed E-state index contributed by atoms with van der Waals surface area (Å²) in [6.45, 7) is 5.61. The molecule has 1 saturated carbocycles. The van der Waals surface area contributed by atoms with Crippen LogP contribution in [-0.4, -0.2) is 12.6 Å². The maximum Gasteiger partial charge on any atom is 0.0220 e. The Morgan fingerprint density at radius 2 is 2.00 bits per heavy atom. The van der Waals surface area contributed by atoms with Crippen molar-refractivity contribution >= 4 is 0 Å². The molecule has 0 saturated heterocycles. The van der Waals surface area contributed by atoms with Crippen molar-refractivity contribution in [3.05, 3.63) is 0 Å². The Balaban J connectivity index is 1.99. The van der Waals surface area contributed by atoms with Crippen molar-refractivity contribution in [2.45, 2.75) is 64.8 Å². The Hall–Kier alpha value is -0.0400. The van der Waals surface area contributed by atoms with Crippen LogP contribution in [0.15, 0.2) is 0 Å². The predicted octanol–water partition coefficient (Wildman–Crippen LogP) is 3.36. The highest BCUT2D eigenvalue weighted by Crippen LogP contribution is 2.28. The summed E-state index contributed by atoms with van der Waals surface area (Å²) in [5.74, 6) is 1.00. The summed E-state index contributed by atoms with van der Waals surface area (Å²) in [7, 11) is 0. The normalized spacial score (nSPS) is 20.8. The summed E-state index contributed by atoms with van der Waals surface area (Å²) in [4.78, 5) is 0. The molecule has 1 aliphatic carbocycles. The first-order chi connectivity index (χ1) is 6.33. The third-order valence-corrected chi connectivity index (χ3v) is 3.10. The fourth-order valence-corrected chi connectivity index (χ4v) is 2.27. The maximum absolute atomic E-state index is 4.68. The van der Waals surface area contributed by atoms with Crippen molar-refractivity contribution < 1.29 is 0 Å². The summed E-state index contributed by atoms with van der Waals surface area (Å²) < 4.78 is 0. The number of hydrogen-bond acceptors (Lipinski definition) is 0. The van der Waals surface area contributed by atoms with Crippen LogP contribution in [-0.2, 0) is 0 Å². The molecule has 0 aromatic carbocycles. The van der Waals surface area contributed by atoms with Gasteiger partial charge in [-0.3, -0.25) is 0 Å². The number of unbranched alkanes of at least 4 members (excludes halogenated alkanes) is 1. The Kier molecular flexibility index (Phi) is 5.45. The van der Waals surface area contributed by atoms with E-state index >= 15 is 0 Å². The van der Waals surface area contributed by atoms with E-state index in [9.17, 15) is 0 Å². The van der Waals surface area contributed by atoms with Crippen LogP contribution >= 0.6 is 0 Å². The van der Waals surface area contributed by atoms with E-state index in [0.29, 0.717) is 6.04 Å². The maximum atomic E-state index is 4.68. The summed E-state index contributed by atoms with van der Waals surface area (Å²) in [6.07, 6.45) is 9.76. The molecule has 0 aromatic rings. The van der Waals surface area contributed by atoms with Crippen molar-refractivity contribution in [1.29, 1.82) is 0 Å². The van der Waals surface area contributed by atoms with E-state index in [0.717, 1.165) is 12.5 Å². The van der Waals surface area contributed by atoms with E-state index in [4.69, 9.17) is 0 Å². The Morgan fingerprint density at radius 1 is 1.31 bits per heavy atom. The van der Waals surface area contributed by atoms with Gasteiger partial charge in [0, 0.05) is 12.6 Å². The molecule has 1 rings (SSSR count). The quantitative estimate of drug-likeness (QED) is 0.559. The minimum absolute atomic E-state index is 0.620. The van der Waals surface area contributed by atoms with Crippen molar-refractivity contribution in [3.8, 4) is 0 Å². The minimum Gasteiger partial charge on any atom is -0.239 e. The van der Waals surface area contributed by atoms with Crippen LogP contribution < -0.4 is 5.32 Å². The van der Waals surface area contributed by atoms with Gasteiger partial charge in [-0.15, -0.1) is 0 Å². The predicted molar refractivity (Wildman–Crippen MR) is 57.9 cm³/mol. The molecule has 1 heteroatoms. The van der Waals surface area contributed by atoms with Crippen LogP contribution in [0.5, 0.6) is 0 Å². The van der Waals surface area contributed by atoms with Crippen LogP contribution in [0, 0.1) is 5.92 Å². The first-order valence-corrected chi connectivity index (χ1v) is 5.99. The second kappa shape index (κ2) is 6.42. The lowest BCUT2D eigenvalue weighted by Crippen LogP contribution is -2.22. The molecule has 1 nitrogen and oxygen atoms in total. The van der Waals surface area contributed by atoms with Gasteiger partial charge in [0.25, 0.3) is 0 Å². The number of rotatable bonds is 6. The highest BCUT2D eigenvalue weighted by atomic mass is 14.9. The van der Waals surface area contributed by atoms with Crippen molar-refractivity contribution in [2.75, 3.05) is 6.54 Å². The van der Waals surface area contributed by atoms with Crippen molar-refractivity contribution in [1.82, 2.24) is 5.32 Å². The molecule has 0 heterocycles. The molecule has 1 radical (unpaired) electrons. The molecule has 0 aliphatic heterocycles. The molecule has 1 fully saturated rings. The lowest BCUT2D eigenvalue weighted by atomic mass is 9.99. The lowest BCUT2D eigenvalue weighted by Gasteiger charge is -2.15. The third kappa shape index (κ3) is 4.66. The minimum atomic E-state index is 0.620. The molecule has 1 unspecified atom stereocenters. The zero-order valence-electron chi connectivity index (χ0n) is 9.26. The van der Waals surface area contributed by atoms with Gasteiger partial charge in [0.05, 0.1) is 0 Å². The second-order valence-electron chi connectivity index (χ2n) is 4.49. The van der Waals surface area contributed by atoms with Crippen molar-refractivity contribution in [2.24, 2.45) is 5.92 Å². The van der Waals surface area contributed by atoms with Gasteiger partial charge in [-0.25, -0.2) is 5.32 Å². The van der Waals surface area contributed by atoms with E-state index in [1.807, 2.05) is 0 Å². The van der Waals surface area contributed by atoms with Gasteiger partial charge in [0.2, 0.25) is 0 Å². The summed E-state index contributed by atoms with van der Waals surface area (Å²) in [5.41, 5.74) is 0. The van der Waals surface area contributed by atoms with E-state index < -0.39 is 0 Å². The molecule has 0 bridgehead atoms. The second-order valence-corrected chi connectivity index (χ2v) is 4.49. The van der Waals surface area contributed by atoms with Crippen LogP contribution in [0.3, 0.4) is 0 Å². The third-order valence-electron chi connectivity index (χ3n) is 3.10. The molecule has 1 aliphatic rings. The van der Waals surface area contributed by atoms with Gasteiger partial charge in [0.1, 0.15) is 0 Å². The average Bonchev–Trinajstić information content (AvgIpc) is 2.57. The zero-order chi connectivity index (χ0) is 9.52. The van der Waals surface area contributed by atoms with Gasteiger partial charge in [-0.1, -0.05) is 39.0 Å². The number of nitrogens with zero attached hydrogens (tertiary/aromatic N) is 1. The Bertz CT molecular complexity index is 116. The Labute approximate surface area is 83.3 Å². The Morgan fingerprint density at radius 3 is 2.62 bits per heavy atom. The highest BCUT2D eigenvalue weighted by Gasteiger charge is 2.17. The molecular formula is C12H24N. The van der Waals surface area contributed by atoms with Crippen molar-refractivity contribution in [3.63, 3.8) is 0 Å². The average molecular weight is 182 g/mol. The summed E-state index contributed by atoms with van der Waals surface area (Å²) in [6, 6.07) is 0.620. The first kappa shape index (κ1) is 11.0. The fraction of sp³-hybridized carbons (Fsp3) is 1.00. The van der Waals surface area contributed by atoms with Crippen LogP contribution in [0.25, 0.3) is 0 Å². The lowest BCUT2D eigenvalue weighted by molar-refractivity contribution is 0.398. The zero-order valence-corrected chi connectivity index (χ0v) is 9.26. The summed E-state index contributed by atoms with van der Waals surface area (Å²) in [5, 5.41) is 4.68. The highest BCUT2D eigenvalue weighted by molar-refractivity contribution is 4.72. The SMILES string of the molecule is CCCC[N]C(C)CC1CCCC1. The molecule has 0 spiro atoms. The molecule has 77 valence electrons. The topological polar surface area (TPSA) is 14.1 Å². The standard InChI is InChI=1S/C12H24N/c1-3-4-9-13-11(2)10-12-7-5-6-8-12/h11-12H,3-10H2,1-2H3. The van der Waals surface area contributed by atoms with Crippen LogP contribution in [0.1, 0.15) is 58.8 Å².